The number of fused-ring (bicyclic) bond motifs is 3. The van der Waals surface area contributed by atoms with E-state index in [2.05, 4.69) is 86.5 Å². The lowest BCUT2D eigenvalue weighted by Gasteiger charge is -2.42. The SMILES string of the molecule is O=c1[nH]c2c([nH]c1=O)C(N1CCN(C(c3ccccc3)c3ccccc3)CC1)c1ccccc1-2. The molecule has 0 saturated carbocycles. The molecular formula is C28H26N4O2. The van der Waals surface area contributed by atoms with Crippen molar-refractivity contribution in [3.05, 3.63) is 128 Å². The van der Waals surface area contributed by atoms with Crippen molar-refractivity contribution < 1.29 is 0 Å². The molecule has 2 N–H and O–H groups in total. The van der Waals surface area contributed by atoms with Crippen molar-refractivity contribution >= 4 is 0 Å². The lowest BCUT2D eigenvalue weighted by molar-refractivity contribution is 0.0898. The highest BCUT2D eigenvalue weighted by molar-refractivity contribution is 5.73. The molecule has 3 aromatic carbocycles. The number of hydrogen-bond donors (Lipinski definition) is 2. The molecule has 1 atom stereocenters. The first-order valence-corrected chi connectivity index (χ1v) is 11.7. The zero-order valence-corrected chi connectivity index (χ0v) is 18.8. The van der Waals surface area contributed by atoms with Crippen molar-refractivity contribution in [2.75, 3.05) is 26.2 Å². The van der Waals surface area contributed by atoms with Crippen molar-refractivity contribution in [2.24, 2.45) is 0 Å². The van der Waals surface area contributed by atoms with E-state index >= 15 is 0 Å². The molecule has 6 rings (SSSR count). The number of hydrogen-bond acceptors (Lipinski definition) is 4. The van der Waals surface area contributed by atoms with Gasteiger partial charge in [-0.3, -0.25) is 19.4 Å². The zero-order valence-electron chi connectivity index (χ0n) is 18.8. The lowest BCUT2D eigenvalue weighted by Crippen LogP contribution is -2.49. The van der Waals surface area contributed by atoms with Gasteiger partial charge in [0.1, 0.15) is 0 Å². The Bertz CT molecular complexity index is 1380. The average molecular weight is 451 g/mol. The van der Waals surface area contributed by atoms with Crippen LogP contribution in [0.2, 0.25) is 0 Å². The lowest BCUT2D eigenvalue weighted by atomic mass is 9.96. The molecule has 6 heteroatoms. The number of aromatic nitrogens is 2. The highest BCUT2D eigenvalue weighted by atomic mass is 16.2. The van der Waals surface area contributed by atoms with Crippen LogP contribution in [0.3, 0.4) is 0 Å². The number of rotatable bonds is 4. The maximum atomic E-state index is 12.2. The number of piperazine rings is 1. The number of H-pyrrole nitrogens is 2. The Morgan fingerprint density at radius 2 is 1.24 bits per heavy atom. The van der Waals surface area contributed by atoms with Crippen molar-refractivity contribution in [3.8, 4) is 11.3 Å². The van der Waals surface area contributed by atoms with E-state index in [1.54, 1.807) is 0 Å². The highest BCUT2D eigenvalue weighted by Crippen LogP contribution is 2.44. The zero-order chi connectivity index (χ0) is 23.1. The van der Waals surface area contributed by atoms with Gasteiger partial charge in [0.05, 0.1) is 23.5 Å². The van der Waals surface area contributed by atoms with Crippen molar-refractivity contribution in [1.29, 1.82) is 0 Å². The smallest absolute Gasteiger partial charge is 0.314 e. The molecule has 34 heavy (non-hydrogen) atoms. The standard InChI is InChI=1S/C28H26N4O2/c33-27-28(34)30-24-23(29-27)21-13-7-8-14-22(21)26(24)32-17-15-31(16-18-32)25(19-9-3-1-4-10-19)20-11-5-2-6-12-20/h1-14,25-26H,15-18H2,(H,29,33)(H,30,34). The van der Waals surface area contributed by atoms with Gasteiger partial charge in [0.15, 0.2) is 0 Å². The summed E-state index contributed by atoms with van der Waals surface area (Å²) in [5, 5.41) is 0. The third-order valence-electron chi connectivity index (χ3n) is 7.07. The molecule has 1 aliphatic carbocycles. The Hall–Kier alpha value is -3.74. The molecule has 0 radical (unpaired) electrons. The van der Waals surface area contributed by atoms with Crippen LogP contribution in [-0.4, -0.2) is 45.9 Å². The summed E-state index contributed by atoms with van der Waals surface area (Å²) in [6.07, 6.45) is 0. The van der Waals surface area contributed by atoms with Crippen molar-refractivity contribution in [3.63, 3.8) is 0 Å². The van der Waals surface area contributed by atoms with Crippen molar-refractivity contribution in [2.45, 2.75) is 12.1 Å². The quantitative estimate of drug-likeness (QED) is 0.467. The first kappa shape index (κ1) is 20.8. The van der Waals surface area contributed by atoms with Crippen LogP contribution in [0.5, 0.6) is 0 Å². The van der Waals surface area contributed by atoms with E-state index in [1.807, 2.05) is 18.2 Å². The van der Waals surface area contributed by atoms with Crippen LogP contribution in [-0.2, 0) is 0 Å². The van der Waals surface area contributed by atoms with Gasteiger partial charge in [-0.05, 0) is 16.7 Å². The molecule has 1 fully saturated rings. The molecule has 1 aromatic heterocycles. The van der Waals surface area contributed by atoms with Gasteiger partial charge in [0, 0.05) is 31.7 Å². The molecule has 0 bridgehead atoms. The summed E-state index contributed by atoms with van der Waals surface area (Å²) in [6, 6.07) is 29.6. The molecular weight excluding hydrogens is 424 g/mol. The van der Waals surface area contributed by atoms with Gasteiger partial charge in [-0.1, -0.05) is 84.9 Å². The summed E-state index contributed by atoms with van der Waals surface area (Å²) >= 11 is 0. The van der Waals surface area contributed by atoms with E-state index in [4.69, 9.17) is 0 Å². The predicted octanol–water partition coefficient (Wildman–Crippen LogP) is 3.54. The minimum atomic E-state index is -0.604. The number of nitrogens with zero attached hydrogens (tertiary/aromatic N) is 2. The Labute approximate surface area is 197 Å². The fourth-order valence-corrected chi connectivity index (χ4v) is 5.53. The summed E-state index contributed by atoms with van der Waals surface area (Å²) in [4.78, 5) is 34.9. The van der Waals surface area contributed by atoms with Gasteiger partial charge in [-0.2, -0.15) is 0 Å². The van der Waals surface area contributed by atoms with Crippen LogP contribution in [0.25, 0.3) is 11.3 Å². The molecule has 0 spiro atoms. The van der Waals surface area contributed by atoms with Gasteiger partial charge >= 0.3 is 11.1 Å². The summed E-state index contributed by atoms with van der Waals surface area (Å²) in [5.74, 6) is 0. The van der Waals surface area contributed by atoms with Gasteiger partial charge < -0.3 is 9.97 Å². The molecule has 170 valence electrons. The first-order valence-electron chi connectivity index (χ1n) is 11.7. The minimum absolute atomic E-state index is 0.0650. The summed E-state index contributed by atoms with van der Waals surface area (Å²) < 4.78 is 0. The van der Waals surface area contributed by atoms with E-state index in [0.29, 0.717) is 0 Å². The van der Waals surface area contributed by atoms with Crippen LogP contribution in [0.4, 0.5) is 0 Å². The fraction of sp³-hybridized carbons (Fsp3) is 0.214. The molecule has 1 saturated heterocycles. The number of nitrogens with one attached hydrogen (secondary N) is 2. The Kier molecular flexibility index (Phi) is 5.24. The summed E-state index contributed by atoms with van der Waals surface area (Å²) in [7, 11) is 0. The Morgan fingerprint density at radius 3 is 1.88 bits per heavy atom. The Morgan fingerprint density at radius 1 is 0.676 bits per heavy atom. The largest absolute Gasteiger partial charge is 0.318 e. The van der Waals surface area contributed by atoms with E-state index in [0.717, 1.165) is 48.7 Å². The normalized spacial score (nSPS) is 18.1. The van der Waals surface area contributed by atoms with Gasteiger partial charge in [-0.15, -0.1) is 0 Å². The second-order valence-corrected chi connectivity index (χ2v) is 8.98. The van der Waals surface area contributed by atoms with Crippen LogP contribution in [0.1, 0.15) is 34.5 Å². The van der Waals surface area contributed by atoms with E-state index < -0.39 is 11.1 Å². The van der Waals surface area contributed by atoms with Crippen molar-refractivity contribution in [1.82, 2.24) is 19.8 Å². The van der Waals surface area contributed by atoms with Crippen LogP contribution in [0, 0.1) is 0 Å². The minimum Gasteiger partial charge on any atom is -0.318 e. The maximum absolute atomic E-state index is 12.2. The van der Waals surface area contributed by atoms with Crippen LogP contribution < -0.4 is 11.1 Å². The predicted molar refractivity (Wildman–Crippen MR) is 133 cm³/mol. The van der Waals surface area contributed by atoms with Crippen LogP contribution in [0.15, 0.2) is 94.5 Å². The first-order chi connectivity index (χ1) is 16.7. The van der Waals surface area contributed by atoms with Crippen LogP contribution >= 0.6 is 0 Å². The molecule has 1 aliphatic heterocycles. The molecule has 2 heterocycles. The summed E-state index contributed by atoms with van der Waals surface area (Å²) in [5.41, 5.74) is 5.04. The number of benzene rings is 3. The molecule has 0 amide bonds. The third kappa shape index (κ3) is 3.52. The average Bonchev–Trinajstić information content (AvgIpc) is 3.19. The molecule has 1 unspecified atom stereocenters. The topological polar surface area (TPSA) is 72.2 Å². The van der Waals surface area contributed by atoms with Gasteiger partial charge in [0.2, 0.25) is 0 Å². The van der Waals surface area contributed by atoms with E-state index in [-0.39, 0.29) is 12.1 Å². The van der Waals surface area contributed by atoms with Gasteiger partial charge in [0.25, 0.3) is 0 Å². The van der Waals surface area contributed by atoms with Gasteiger partial charge in [-0.25, -0.2) is 0 Å². The highest BCUT2D eigenvalue weighted by Gasteiger charge is 2.37. The molecule has 6 nitrogen and oxygen atoms in total. The maximum Gasteiger partial charge on any atom is 0.314 e. The molecule has 2 aliphatic rings. The number of aromatic amines is 2. The van der Waals surface area contributed by atoms with E-state index in [1.165, 1.54) is 11.1 Å². The monoisotopic (exact) mass is 450 g/mol. The second kappa shape index (κ2) is 8.56. The van der Waals surface area contributed by atoms with E-state index in [9.17, 15) is 9.59 Å². The fourth-order valence-electron chi connectivity index (χ4n) is 5.53. The second-order valence-electron chi connectivity index (χ2n) is 8.98. The third-order valence-corrected chi connectivity index (χ3v) is 7.07. The summed E-state index contributed by atoms with van der Waals surface area (Å²) in [6.45, 7) is 3.51. The Balaban J connectivity index is 1.31. The molecule has 4 aromatic rings.